The Morgan fingerprint density at radius 3 is 2.65 bits per heavy atom. The van der Waals surface area contributed by atoms with Gasteiger partial charge in [0.2, 0.25) is 0 Å². The van der Waals surface area contributed by atoms with Crippen molar-refractivity contribution >= 4 is 17.3 Å². The topological polar surface area (TPSA) is 12.0 Å². The Kier molecular flexibility index (Phi) is 3.35. The Bertz CT molecular complexity index is 417. The first-order valence-electron chi connectivity index (χ1n) is 6.09. The lowest BCUT2D eigenvalue weighted by Gasteiger charge is -2.20. The summed E-state index contributed by atoms with van der Waals surface area (Å²) in [6, 6.07) is 5.43. The van der Waals surface area contributed by atoms with Crippen molar-refractivity contribution in [3.8, 4) is 0 Å². The van der Waals surface area contributed by atoms with E-state index in [1.54, 1.807) is 18.2 Å². The minimum Gasteiger partial charge on any atom is -0.380 e. The van der Waals surface area contributed by atoms with Crippen LogP contribution in [-0.2, 0) is 0 Å². The van der Waals surface area contributed by atoms with Gasteiger partial charge in [-0.1, -0.05) is 38.4 Å². The predicted octanol–water partition coefficient (Wildman–Crippen LogP) is 4.72. The molecule has 0 amide bonds. The number of halogens is 2. The molecule has 2 atom stereocenters. The molecule has 1 aliphatic carbocycles. The molecule has 2 rings (SSSR count). The Morgan fingerprint density at radius 2 is 2.06 bits per heavy atom. The number of anilines is 1. The summed E-state index contributed by atoms with van der Waals surface area (Å²) in [5.41, 5.74) is 0.860. The van der Waals surface area contributed by atoms with E-state index < -0.39 is 0 Å². The van der Waals surface area contributed by atoms with Crippen LogP contribution in [0.1, 0.15) is 33.6 Å². The summed E-state index contributed by atoms with van der Waals surface area (Å²) in [4.78, 5) is 0. The molecule has 3 heteroatoms. The molecule has 1 aromatic rings. The summed E-state index contributed by atoms with van der Waals surface area (Å²) < 4.78 is 13.8. The summed E-state index contributed by atoms with van der Waals surface area (Å²) in [6.07, 6.45) is 2.24. The van der Waals surface area contributed by atoms with Crippen LogP contribution in [0.5, 0.6) is 0 Å². The molecule has 1 aliphatic rings. The number of hydrogen-bond donors (Lipinski definition) is 1. The van der Waals surface area contributed by atoms with Crippen molar-refractivity contribution in [1.29, 1.82) is 0 Å². The minimum absolute atomic E-state index is 0.180. The zero-order valence-corrected chi connectivity index (χ0v) is 11.3. The fourth-order valence-corrected chi connectivity index (χ4v) is 3.08. The molecule has 2 unspecified atom stereocenters. The van der Waals surface area contributed by atoms with Gasteiger partial charge < -0.3 is 5.32 Å². The molecular weight excluding hydrogens is 237 g/mol. The van der Waals surface area contributed by atoms with Crippen LogP contribution in [0, 0.1) is 17.2 Å². The number of rotatable bonds is 2. The number of nitrogens with one attached hydrogen (secondary N) is 1. The van der Waals surface area contributed by atoms with E-state index in [0.29, 0.717) is 23.1 Å². The molecule has 0 radical (unpaired) electrons. The first kappa shape index (κ1) is 12.7. The lowest BCUT2D eigenvalue weighted by Crippen LogP contribution is -2.23. The van der Waals surface area contributed by atoms with E-state index in [1.807, 2.05) is 0 Å². The fourth-order valence-electron chi connectivity index (χ4n) is 2.90. The van der Waals surface area contributed by atoms with E-state index in [-0.39, 0.29) is 10.8 Å². The van der Waals surface area contributed by atoms with Crippen molar-refractivity contribution in [3.63, 3.8) is 0 Å². The molecule has 17 heavy (non-hydrogen) atoms. The van der Waals surface area contributed by atoms with E-state index in [0.717, 1.165) is 6.42 Å². The highest BCUT2D eigenvalue weighted by Crippen LogP contribution is 2.42. The van der Waals surface area contributed by atoms with Crippen LogP contribution in [0.2, 0.25) is 5.02 Å². The second-order valence-corrected chi connectivity index (χ2v) is 6.31. The predicted molar refractivity (Wildman–Crippen MR) is 71.0 cm³/mol. The van der Waals surface area contributed by atoms with Crippen molar-refractivity contribution in [3.05, 3.63) is 29.0 Å². The normalized spacial score (nSPS) is 27.1. The van der Waals surface area contributed by atoms with Crippen molar-refractivity contribution < 1.29 is 4.39 Å². The van der Waals surface area contributed by atoms with Gasteiger partial charge in [0.25, 0.3) is 0 Å². The molecule has 1 nitrogen and oxygen atoms in total. The smallest absolute Gasteiger partial charge is 0.164 e. The van der Waals surface area contributed by atoms with Gasteiger partial charge in [-0.2, -0.15) is 0 Å². The largest absolute Gasteiger partial charge is 0.380 e. The molecule has 94 valence electrons. The summed E-state index contributed by atoms with van der Waals surface area (Å²) in [6.45, 7) is 6.74. The standard InChI is InChI=1S/C14H19ClFN/c1-9-7-14(2,3)8-12(9)17-11-6-4-5-10(15)13(11)16/h4-6,9,12,17H,7-8H2,1-3H3. The third-order valence-electron chi connectivity index (χ3n) is 3.63. The van der Waals surface area contributed by atoms with Gasteiger partial charge >= 0.3 is 0 Å². The third-order valence-corrected chi connectivity index (χ3v) is 3.92. The molecule has 0 saturated heterocycles. The van der Waals surface area contributed by atoms with Gasteiger partial charge in [0, 0.05) is 6.04 Å². The molecule has 1 aromatic carbocycles. The van der Waals surface area contributed by atoms with E-state index in [4.69, 9.17) is 11.6 Å². The Labute approximate surface area is 107 Å². The van der Waals surface area contributed by atoms with Crippen molar-refractivity contribution in [2.75, 3.05) is 5.32 Å². The first-order valence-corrected chi connectivity index (χ1v) is 6.47. The van der Waals surface area contributed by atoms with Gasteiger partial charge in [0.1, 0.15) is 0 Å². The highest BCUT2D eigenvalue weighted by atomic mass is 35.5. The fraction of sp³-hybridized carbons (Fsp3) is 0.571. The Balaban J connectivity index is 2.14. The summed E-state index contributed by atoms with van der Waals surface area (Å²) >= 11 is 5.78. The van der Waals surface area contributed by atoms with E-state index >= 15 is 0 Å². The van der Waals surface area contributed by atoms with E-state index in [9.17, 15) is 4.39 Å². The quantitative estimate of drug-likeness (QED) is 0.807. The third kappa shape index (κ3) is 2.74. The van der Waals surface area contributed by atoms with Gasteiger partial charge in [-0.05, 0) is 36.3 Å². The van der Waals surface area contributed by atoms with Gasteiger partial charge in [-0.3, -0.25) is 0 Å². The molecule has 0 aliphatic heterocycles. The lowest BCUT2D eigenvalue weighted by atomic mass is 9.91. The van der Waals surface area contributed by atoms with Crippen LogP contribution in [0.25, 0.3) is 0 Å². The summed E-state index contributed by atoms with van der Waals surface area (Å²) in [5.74, 6) is 0.217. The average molecular weight is 256 g/mol. The van der Waals surface area contributed by atoms with Gasteiger partial charge in [0.15, 0.2) is 5.82 Å². The SMILES string of the molecule is CC1CC(C)(C)CC1Nc1cccc(Cl)c1F. The van der Waals surface area contributed by atoms with Crippen LogP contribution in [0.15, 0.2) is 18.2 Å². The van der Waals surface area contributed by atoms with Crippen molar-refractivity contribution in [2.45, 2.75) is 39.7 Å². The average Bonchev–Trinajstić information content (AvgIpc) is 2.47. The summed E-state index contributed by atoms with van der Waals surface area (Å²) in [5, 5.41) is 3.48. The van der Waals surface area contributed by atoms with Crippen molar-refractivity contribution in [1.82, 2.24) is 0 Å². The second kappa shape index (κ2) is 4.49. The highest BCUT2D eigenvalue weighted by molar-refractivity contribution is 6.31. The molecular formula is C14H19ClFN. The summed E-state index contributed by atoms with van der Waals surface area (Å²) in [7, 11) is 0. The van der Waals surface area contributed by atoms with Crippen LogP contribution in [0.3, 0.4) is 0 Å². The lowest BCUT2D eigenvalue weighted by molar-refractivity contribution is 0.366. The van der Waals surface area contributed by atoms with Crippen LogP contribution >= 0.6 is 11.6 Å². The van der Waals surface area contributed by atoms with Gasteiger partial charge in [-0.25, -0.2) is 4.39 Å². The van der Waals surface area contributed by atoms with Crippen LogP contribution in [0.4, 0.5) is 10.1 Å². The van der Waals surface area contributed by atoms with E-state index in [1.165, 1.54) is 6.42 Å². The Morgan fingerprint density at radius 1 is 1.35 bits per heavy atom. The Hall–Kier alpha value is -0.760. The van der Waals surface area contributed by atoms with Gasteiger partial charge in [0.05, 0.1) is 10.7 Å². The minimum atomic E-state index is -0.342. The highest BCUT2D eigenvalue weighted by Gasteiger charge is 2.36. The number of benzene rings is 1. The van der Waals surface area contributed by atoms with E-state index in [2.05, 4.69) is 26.1 Å². The number of hydrogen-bond acceptors (Lipinski definition) is 1. The van der Waals surface area contributed by atoms with Crippen molar-refractivity contribution in [2.24, 2.45) is 11.3 Å². The van der Waals surface area contributed by atoms with Crippen LogP contribution < -0.4 is 5.32 Å². The molecule has 0 bridgehead atoms. The zero-order chi connectivity index (χ0) is 12.6. The monoisotopic (exact) mass is 255 g/mol. The second-order valence-electron chi connectivity index (χ2n) is 5.90. The zero-order valence-electron chi connectivity index (χ0n) is 10.6. The molecule has 1 N–H and O–H groups in total. The molecule has 1 saturated carbocycles. The molecule has 0 heterocycles. The van der Waals surface area contributed by atoms with Gasteiger partial charge in [-0.15, -0.1) is 0 Å². The maximum atomic E-state index is 13.8. The van der Waals surface area contributed by atoms with Crippen LogP contribution in [-0.4, -0.2) is 6.04 Å². The molecule has 1 fully saturated rings. The molecule has 0 spiro atoms. The maximum absolute atomic E-state index is 13.8. The maximum Gasteiger partial charge on any atom is 0.164 e. The molecule has 0 aromatic heterocycles. The first-order chi connectivity index (χ1) is 7.89.